The van der Waals surface area contributed by atoms with Crippen molar-refractivity contribution in [1.82, 2.24) is 10.6 Å². The van der Waals surface area contributed by atoms with Gasteiger partial charge in [0.15, 0.2) is 0 Å². The van der Waals surface area contributed by atoms with E-state index in [9.17, 15) is 14.7 Å². The standard InChI is InChI=1S/C27H53N2O3/c1-5-7-8-9-10-11-12-13-14-15-16-17-20-24(6-2)26(30)28-22-19-18-21-25(27(31)32)29-23(3)4/h22-25,29H,5-21H2,1-4H3,(H,28,30)(H,31,32). The minimum Gasteiger partial charge on any atom is -0.480 e. The predicted octanol–water partition coefficient (Wildman–Crippen LogP) is 7.00. The average Bonchev–Trinajstić information content (AvgIpc) is 2.75. The summed E-state index contributed by atoms with van der Waals surface area (Å²) < 4.78 is 0. The van der Waals surface area contributed by atoms with E-state index in [1.165, 1.54) is 70.6 Å². The van der Waals surface area contributed by atoms with E-state index in [4.69, 9.17) is 0 Å². The van der Waals surface area contributed by atoms with Crippen molar-refractivity contribution < 1.29 is 14.7 Å². The topological polar surface area (TPSA) is 78.4 Å². The monoisotopic (exact) mass is 453 g/mol. The van der Waals surface area contributed by atoms with Crippen LogP contribution in [0, 0.1) is 12.5 Å². The summed E-state index contributed by atoms with van der Waals surface area (Å²) in [5, 5.41) is 15.2. The van der Waals surface area contributed by atoms with Crippen LogP contribution >= 0.6 is 0 Å². The Morgan fingerprint density at radius 2 is 1.31 bits per heavy atom. The van der Waals surface area contributed by atoms with Gasteiger partial charge in [0.1, 0.15) is 6.04 Å². The van der Waals surface area contributed by atoms with Crippen LogP contribution in [-0.2, 0) is 9.59 Å². The zero-order valence-corrected chi connectivity index (χ0v) is 21.6. The molecule has 0 saturated carbocycles. The zero-order valence-electron chi connectivity index (χ0n) is 21.6. The van der Waals surface area contributed by atoms with Gasteiger partial charge in [0.2, 0.25) is 5.91 Å². The van der Waals surface area contributed by atoms with Crippen LogP contribution in [0.5, 0.6) is 0 Å². The molecule has 0 aromatic heterocycles. The lowest BCUT2D eigenvalue weighted by atomic mass is 9.96. The summed E-state index contributed by atoms with van der Waals surface area (Å²) in [4.78, 5) is 23.7. The summed E-state index contributed by atoms with van der Waals surface area (Å²) in [5.74, 6) is -0.606. The number of unbranched alkanes of at least 4 members (excludes halogenated alkanes) is 12. The number of nitrogens with one attached hydrogen (secondary N) is 2. The van der Waals surface area contributed by atoms with Crippen molar-refractivity contribution in [3.63, 3.8) is 0 Å². The van der Waals surface area contributed by atoms with Crippen molar-refractivity contribution in [2.24, 2.45) is 5.92 Å². The molecule has 1 amide bonds. The van der Waals surface area contributed by atoms with Crippen molar-refractivity contribution in [3.05, 3.63) is 6.54 Å². The number of carboxylic acid groups (broad SMARTS) is 1. The molecule has 0 aliphatic rings. The molecule has 2 unspecified atom stereocenters. The van der Waals surface area contributed by atoms with Gasteiger partial charge >= 0.3 is 5.97 Å². The normalized spacial score (nSPS) is 13.3. The number of carbonyl (C=O) groups is 2. The maximum absolute atomic E-state index is 12.4. The largest absolute Gasteiger partial charge is 0.480 e. The first-order chi connectivity index (χ1) is 15.4. The molecule has 3 N–H and O–H groups in total. The molecule has 5 nitrogen and oxygen atoms in total. The Balaban J connectivity index is 3.71. The van der Waals surface area contributed by atoms with Crippen molar-refractivity contribution in [2.45, 2.75) is 149 Å². The van der Waals surface area contributed by atoms with E-state index in [1.54, 1.807) is 0 Å². The van der Waals surface area contributed by atoms with Crippen LogP contribution in [0.4, 0.5) is 0 Å². The highest BCUT2D eigenvalue weighted by atomic mass is 16.4. The maximum atomic E-state index is 12.4. The minimum absolute atomic E-state index is 0.0868. The van der Waals surface area contributed by atoms with Crippen LogP contribution in [0.15, 0.2) is 0 Å². The van der Waals surface area contributed by atoms with Gasteiger partial charge in [-0.25, -0.2) is 0 Å². The molecular weight excluding hydrogens is 400 g/mol. The summed E-state index contributed by atoms with van der Waals surface area (Å²) in [6.07, 6.45) is 19.9. The number of rotatable bonds is 23. The third-order valence-electron chi connectivity index (χ3n) is 6.19. The Bertz CT molecular complexity index is 454. The Hall–Kier alpha value is -1.10. The Morgan fingerprint density at radius 3 is 1.78 bits per heavy atom. The highest BCUT2D eigenvalue weighted by Crippen LogP contribution is 2.17. The molecule has 1 radical (unpaired) electrons. The molecule has 0 saturated heterocycles. The van der Waals surface area contributed by atoms with E-state index in [-0.39, 0.29) is 17.9 Å². The van der Waals surface area contributed by atoms with Crippen LogP contribution in [0.2, 0.25) is 0 Å². The van der Waals surface area contributed by atoms with Crippen molar-refractivity contribution in [3.8, 4) is 0 Å². The first-order valence-electron chi connectivity index (χ1n) is 13.5. The molecule has 5 heteroatoms. The van der Waals surface area contributed by atoms with Crippen molar-refractivity contribution in [2.75, 3.05) is 0 Å². The Kier molecular flexibility index (Phi) is 21.0. The quantitative estimate of drug-likeness (QED) is 0.145. The summed E-state index contributed by atoms with van der Waals surface area (Å²) >= 11 is 0. The molecule has 0 fully saturated rings. The van der Waals surface area contributed by atoms with Gasteiger partial charge in [-0.15, -0.1) is 0 Å². The number of amides is 1. The number of hydrogen-bond donors (Lipinski definition) is 3. The summed E-state index contributed by atoms with van der Waals surface area (Å²) in [7, 11) is 0. The number of carbonyl (C=O) groups excluding carboxylic acids is 1. The Labute approximate surface area is 198 Å². The van der Waals surface area contributed by atoms with E-state index < -0.39 is 12.0 Å². The second kappa shape index (κ2) is 21.7. The van der Waals surface area contributed by atoms with Crippen LogP contribution in [0.25, 0.3) is 0 Å². The van der Waals surface area contributed by atoms with Gasteiger partial charge in [0, 0.05) is 18.5 Å². The Morgan fingerprint density at radius 1 is 0.781 bits per heavy atom. The lowest BCUT2D eigenvalue weighted by Gasteiger charge is -2.17. The maximum Gasteiger partial charge on any atom is 0.320 e. The molecule has 0 aromatic carbocycles. The summed E-state index contributed by atoms with van der Waals surface area (Å²) in [5.41, 5.74) is 0. The number of aliphatic carboxylic acids is 1. The molecule has 0 spiro atoms. The molecule has 0 aromatic rings. The van der Waals surface area contributed by atoms with Gasteiger partial charge in [-0.3, -0.25) is 9.59 Å². The fourth-order valence-corrected chi connectivity index (χ4v) is 4.15. The molecule has 189 valence electrons. The predicted molar refractivity (Wildman–Crippen MR) is 135 cm³/mol. The molecule has 0 aliphatic carbocycles. The second-order valence-corrected chi connectivity index (χ2v) is 9.64. The fourth-order valence-electron chi connectivity index (χ4n) is 4.15. The average molecular weight is 454 g/mol. The van der Waals surface area contributed by atoms with Gasteiger partial charge in [0.05, 0.1) is 0 Å². The smallest absolute Gasteiger partial charge is 0.320 e. The van der Waals surface area contributed by atoms with E-state index >= 15 is 0 Å². The van der Waals surface area contributed by atoms with Gasteiger partial charge in [-0.2, -0.15) is 0 Å². The van der Waals surface area contributed by atoms with E-state index in [2.05, 4.69) is 24.5 Å². The molecule has 0 bridgehead atoms. The third kappa shape index (κ3) is 18.5. The highest BCUT2D eigenvalue weighted by molar-refractivity contribution is 5.79. The SMILES string of the molecule is CCCCCCCCCCCCCCC(CC)C(=O)N[CH]CCCC(NC(C)C)C(=O)O. The molecular formula is C27H53N2O3. The van der Waals surface area contributed by atoms with Crippen LogP contribution in [-0.4, -0.2) is 29.1 Å². The molecule has 0 aliphatic heterocycles. The van der Waals surface area contributed by atoms with Gasteiger partial charge in [-0.1, -0.05) is 105 Å². The van der Waals surface area contributed by atoms with Gasteiger partial charge in [-0.05, 0) is 32.1 Å². The molecule has 0 heterocycles. The van der Waals surface area contributed by atoms with Crippen LogP contribution < -0.4 is 10.6 Å². The first-order valence-corrected chi connectivity index (χ1v) is 13.5. The van der Waals surface area contributed by atoms with Crippen LogP contribution in [0.1, 0.15) is 137 Å². The van der Waals surface area contributed by atoms with E-state index in [0.29, 0.717) is 12.8 Å². The summed E-state index contributed by atoms with van der Waals surface area (Å²) in [6.45, 7) is 10.1. The molecule has 0 rings (SSSR count). The lowest BCUT2D eigenvalue weighted by molar-refractivity contribution is -0.140. The zero-order chi connectivity index (χ0) is 24.0. The second-order valence-electron chi connectivity index (χ2n) is 9.64. The summed E-state index contributed by atoms with van der Waals surface area (Å²) in [6, 6.07) is -0.376. The lowest BCUT2D eigenvalue weighted by Crippen LogP contribution is -2.40. The van der Waals surface area contributed by atoms with Gasteiger partial charge < -0.3 is 15.7 Å². The number of carboxylic acids is 1. The van der Waals surface area contributed by atoms with Crippen molar-refractivity contribution >= 4 is 11.9 Å². The fraction of sp³-hybridized carbons (Fsp3) is 0.889. The van der Waals surface area contributed by atoms with E-state index in [1.807, 2.05) is 20.4 Å². The third-order valence-corrected chi connectivity index (χ3v) is 6.19. The molecule has 2 atom stereocenters. The minimum atomic E-state index is -0.809. The van der Waals surface area contributed by atoms with E-state index in [0.717, 1.165) is 25.7 Å². The van der Waals surface area contributed by atoms with Crippen LogP contribution in [0.3, 0.4) is 0 Å². The first kappa shape index (κ1) is 30.9. The van der Waals surface area contributed by atoms with Crippen molar-refractivity contribution in [1.29, 1.82) is 0 Å². The molecule has 32 heavy (non-hydrogen) atoms. The highest BCUT2D eigenvalue weighted by Gasteiger charge is 2.18. The number of hydrogen-bond acceptors (Lipinski definition) is 3. The van der Waals surface area contributed by atoms with Gasteiger partial charge in [0.25, 0.3) is 0 Å².